The van der Waals surface area contributed by atoms with E-state index in [-0.39, 0.29) is 5.92 Å². The van der Waals surface area contributed by atoms with Crippen LogP contribution in [0.15, 0.2) is 22.7 Å². The SMILES string of the molecule is Cc1ccc(Br)cc1CCNCC(C)C(=O)O. The molecule has 0 heterocycles. The van der Waals surface area contributed by atoms with Gasteiger partial charge >= 0.3 is 5.97 Å². The topological polar surface area (TPSA) is 49.3 Å². The molecule has 0 radical (unpaired) electrons. The lowest BCUT2D eigenvalue weighted by Crippen LogP contribution is -2.27. The van der Waals surface area contributed by atoms with Crippen molar-refractivity contribution in [2.24, 2.45) is 5.92 Å². The molecule has 0 fully saturated rings. The van der Waals surface area contributed by atoms with E-state index >= 15 is 0 Å². The fourth-order valence-corrected chi connectivity index (χ4v) is 1.95. The highest BCUT2D eigenvalue weighted by molar-refractivity contribution is 9.10. The Morgan fingerprint density at radius 2 is 2.24 bits per heavy atom. The smallest absolute Gasteiger partial charge is 0.307 e. The first-order valence-corrected chi connectivity index (χ1v) is 6.48. The molecule has 2 N–H and O–H groups in total. The Bertz CT molecular complexity index is 393. The van der Waals surface area contributed by atoms with Crippen molar-refractivity contribution in [3.8, 4) is 0 Å². The number of nitrogens with one attached hydrogen (secondary N) is 1. The van der Waals surface area contributed by atoms with E-state index in [1.807, 2.05) is 6.07 Å². The molecule has 1 aromatic rings. The zero-order valence-corrected chi connectivity index (χ0v) is 11.8. The van der Waals surface area contributed by atoms with Crippen LogP contribution in [-0.4, -0.2) is 24.2 Å². The summed E-state index contributed by atoms with van der Waals surface area (Å²) < 4.78 is 1.08. The Labute approximate surface area is 110 Å². The van der Waals surface area contributed by atoms with Gasteiger partial charge in [-0.1, -0.05) is 28.9 Å². The number of benzene rings is 1. The van der Waals surface area contributed by atoms with Crippen LogP contribution < -0.4 is 5.32 Å². The van der Waals surface area contributed by atoms with Gasteiger partial charge in [-0.3, -0.25) is 4.79 Å². The van der Waals surface area contributed by atoms with Crippen LogP contribution in [0.25, 0.3) is 0 Å². The van der Waals surface area contributed by atoms with Crippen molar-refractivity contribution in [3.05, 3.63) is 33.8 Å². The van der Waals surface area contributed by atoms with E-state index in [0.717, 1.165) is 17.4 Å². The standard InChI is InChI=1S/C13H18BrNO2/c1-9-3-4-12(14)7-11(9)5-6-15-8-10(2)13(16)17/h3-4,7,10,15H,5-6,8H2,1-2H3,(H,16,17). The molecule has 1 unspecified atom stereocenters. The molecule has 94 valence electrons. The maximum Gasteiger partial charge on any atom is 0.307 e. The average molecular weight is 300 g/mol. The fourth-order valence-electron chi connectivity index (χ4n) is 1.54. The van der Waals surface area contributed by atoms with Crippen molar-refractivity contribution in [1.29, 1.82) is 0 Å². The van der Waals surface area contributed by atoms with Gasteiger partial charge in [0.15, 0.2) is 0 Å². The molecule has 0 saturated heterocycles. The van der Waals surface area contributed by atoms with Crippen molar-refractivity contribution < 1.29 is 9.90 Å². The highest BCUT2D eigenvalue weighted by Gasteiger charge is 2.09. The van der Waals surface area contributed by atoms with Gasteiger partial charge in [-0.05, 0) is 43.1 Å². The van der Waals surface area contributed by atoms with Crippen LogP contribution in [-0.2, 0) is 11.2 Å². The van der Waals surface area contributed by atoms with Crippen molar-refractivity contribution in [2.75, 3.05) is 13.1 Å². The highest BCUT2D eigenvalue weighted by atomic mass is 79.9. The van der Waals surface area contributed by atoms with Gasteiger partial charge in [-0.25, -0.2) is 0 Å². The van der Waals surface area contributed by atoms with Gasteiger partial charge in [0.25, 0.3) is 0 Å². The number of hydrogen-bond acceptors (Lipinski definition) is 2. The molecule has 1 aromatic carbocycles. The number of carboxylic acid groups (broad SMARTS) is 1. The van der Waals surface area contributed by atoms with Crippen molar-refractivity contribution in [1.82, 2.24) is 5.32 Å². The summed E-state index contributed by atoms with van der Waals surface area (Å²) in [7, 11) is 0. The van der Waals surface area contributed by atoms with E-state index in [9.17, 15) is 4.79 Å². The molecule has 1 atom stereocenters. The monoisotopic (exact) mass is 299 g/mol. The summed E-state index contributed by atoms with van der Waals surface area (Å²) in [4.78, 5) is 10.6. The molecule has 17 heavy (non-hydrogen) atoms. The lowest BCUT2D eigenvalue weighted by molar-refractivity contribution is -0.140. The molecule has 0 aliphatic heterocycles. The predicted octanol–water partition coefficient (Wildman–Crippen LogP) is 2.61. The molecule has 0 amide bonds. The Hall–Kier alpha value is -0.870. The van der Waals surface area contributed by atoms with Crippen LogP contribution in [0.2, 0.25) is 0 Å². The summed E-state index contributed by atoms with van der Waals surface area (Å²) in [5.41, 5.74) is 2.55. The van der Waals surface area contributed by atoms with E-state index in [0.29, 0.717) is 6.54 Å². The quantitative estimate of drug-likeness (QED) is 0.794. The van der Waals surface area contributed by atoms with Gasteiger partial charge in [0.05, 0.1) is 5.92 Å². The second-order valence-corrected chi connectivity index (χ2v) is 5.18. The van der Waals surface area contributed by atoms with E-state index in [1.54, 1.807) is 6.92 Å². The maximum atomic E-state index is 10.6. The molecule has 0 bridgehead atoms. The van der Waals surface area contributed by atoms with Crippen LogP contribution in [0.4, 0.5) is 0 Å². The number of carbonyl (C=O) groups is 1. The van der Waals surface area contributed by atoms with Gasteiger partial charge in [-0.2, -0.15) is 0 Å². The lowest BCUT2D eigenvalue weighted by atomic mass is 10.1. The summed E-state index contributed by atoms with van der Waals surface area (Å²) in [5.74, 6) is -1.09. The first-order valence-electron chi connectivity index (χ1n) is 5.69. The summed E-state index contributed by atoms with van der Waals surface area (Å²) in [6.07, 6.45) is 0.914. The Kier molecular flexibility index (Phi) is 5.65. The first kappa shape index (κ1) is 14.2. The molecular weight excluding hydrogens is 282 g/mol. The average Bonchev–Trinajstić information content (AvgIpc) is 2.28. The Morgan fingerprint density at radius 1 is 1.53 bits per heavy atom. The number of hydrogen-bond donors (Lipinski definition) is 2. The van der Waals surface area contributed by atoms with Crippen LogP contribution in [0, 0.1) is 12.8 Å². The van der Waals surface area contributed by atoms with E-state index in [1.165, 1.54) is 11.1 Å². The summed E-state index contributed by atoms with van der Waals surface area (Å²) in [5, 5.41) is 11.9. The van der Waals surface area contributed by atoms with Gasteiger partial charge < -0.3 is 10.4 Å². The van der Waals surface area contributed by atoms with Gasteiger partial charge in [-0.15, -0.1) is 0 Å². The van der Waals surface area contributed by atoms with Crippen LogP contribution in [0.1, 0.15) is 18.1 Å². The molecule has 4 heteroatoms. The second kappa shape index (κ2) is 6.77. The number of carboxylic acids is 1. The van der Waals surface area contributed by atoms with E-state index in [2.05, 4.69) is 40.3 Å². The molecule has 3 nitrogen and oxygen atoms in total. The normalized spacial score (nSPS) is 12.4. The fraction of sp³-hybridized carbons (Fsp3) is 0.462. The first-order chi connectivity index (χ1) is 8.00. The van der Waals surface area contributed by atoms with Gasteiger partial charge in [0, 0.05) is 11.0 Å². The van der Waals surface area contributed by atoms with E-state index in [4.69, 9.17) is 5.11 Å². The zero-order valence-electron chi connectivity index (χ0n) is 10.2. The lowest BCUT2D eigenvalue weighted by Gasteiger charge is -2.10. The van der Waals surface area contributed by atoms with Crippen LogP contribution >= 0.6 is 15.9 Å². The third-order valence-corrected chi connectivity index (χ3v) is 3.25. The zero-order chi connectivity index (χ0) is 12.8. The van der Waals surface area contributed by atoms with Crippen molar-refractivity contribution in [3.63, 3.8) is 0 Å². The molecular formula is C13H18BrNO2. The maximum absolute atomic E-state index is 10.6. The number of aryl methyl sites for hydroxylation is 1. The minimum Gasteiger partial charge on any atom is -0.481 e. The third-order valence-electron chi connectivity index (χ3n) is 2.75. The Balaban J connectivity index is 2.36. The van der Waals surface area contributed by atoms with Gasteiger partial charge in [0.2, 0.25) is 0 Å². The highest BCUT2D eigenvalue weighted by Crippen LogP contribution is 2.16. The molecule has 0 spiro atoms. The minimum absolute atomic E-state index is 0.335. The minimum atomic E-state index is -0.754. The molecule has 1 rings (SSSR count). The Morgan fingerprint density at radius 3 is 2.88 bits per heavy atom. The molecule has 0 aromatic heterocycles. The van der Waals surface area contributed by atoms with Gasteiger partial charge in [0.1, 0.15) is 0 Å². The van der Waals surface area contributed by atoms with E-state index < -0.39 is 5.97 Å². The summed E-state index contributed by atoms with van der Waals surface area (Å²) in [6, 6.07) is 6.22. The number of aliphatic carboxylic acids is 1. The number of halogens is 1. The van der Waals surface area contributed by atoms with Crippen molar-refractivity contribution >= 4 is 21.9 Å². The number of rotatable bonds is 6. The largest absolute Gasteiger partial charge is 0.481 e. The summed E-state index contributed by atoms with van der Waals surface area (Å²) in [6.45, 7) is 5.11. The summed E-state index contributed by atoms with van der Waals surface area (Å²) >= 11 is 3.45. The predicted molar refractivity (Wildman–Crippen MR) is 72.3 cm³/mol. The molecule has 0 saturated carbocycles. The third kappa shape index (κ3) is 4.88. The van der Waals surface area contributed by atoms with Crippen LogP contribution in [0.5, 0.6) is 0 Å². The molecule has 0 aliphatic rings. The second-order valence-electron chi connectivity index (χ2n) is 4.26. The molecule has 0 aliphatic carbocycles. The van der Waals surface area contributed by atoms with Crippen LogP contribution in [0.3, 0.4) is 0 Å². The van der Waals surface area contributed by atoms with Crippen molar-refractivity contribution in [2.45, 2.75) is 20.3 Å².